The number of nitrogens with zero attached hydrogens (tertiary/aromatic N) is 4. The lowest BCUT2D eigenvalue weighted by Gasteiger charge is -2.28. The molecule has 0 radical (unpaired) electrons. The smallest absolute Gasteiger partial charge is 0.236 e. The van der Waals surface area contributed by atoms with Gasteiger partial charge in [0.2, 0.25) is 5.91 Å². The quantitative estimate of drug-likeness (QED) is 0.380. The third kappa shape index (κ3) is 6.66. The first-order valence-electron chi connectivity index (χ1n) is 13.8. The van der Waals surface area contributed by atoms with Gasteiger partial charge < -0.3 is 14.2 Å². The van der Waals surface area contributed by atoms with Crippen LogP contribution in [0.2, 0.25) is 0 Å². The fourth-order valence-corrected chi connectivity index (χ4v) is 5.65. The lowest BCUT2D eigenvalue weighted by molar-refractivity contribution is -0.132. The summed E-state index contributed by atoms with van der Waals surface area (Å²) in [7, 11) is 2.07. The van der Waals surface area contributed by atoms with Gasteiger partial charge in [-0.1, -0.05) is 45.2 Å². The highest BCUT2D eigenvalue weighted by molar-refractivity contribution is 5.78. The van der Waals surface area contributed by atoms with E-state index < -0.39 is 0 Å². The predicted octanol–water partition coefficient (Wildman–Crippen LogP) is 4.96. The van der Waals surface area contributed by atoms with E-state index in [1.165, 1.54) is 24.0 Å². The number of carbonyl (C=O) groups is 1. The van der Waals surface area contributed by atoms with Crippen LogP contribution in [-0.4, -0.2) is 64.1 Å². The molecule has 1 aromatic carbocycles. The van der Waals surface area contributed by atoms with Crippen molar-refractivity contribution in [3.05, 3.63) is 47.5 Å². The highest BCUT2D eigenvalue weighted by Crippen LogP contribution is 2.36. The number of amides is 1. The molecule has 1 saturated heterocycles. The zero-order valence-corrected chi connectivity index (χ0v) is 22.0. The third-order valence-electron chi connectivity index (χ3n) is 7.84. The van der Waals surface area contributed by atoms with Crippen LogP contribution < -0.4 is 4.74 Å². The largest absolute Gasteiger partial charge is 0.493 e. The molecule has 1 amide bonds. The summed E-state index contributed by atoms with van der Waals surface area (Å²) in [6, 6.07) is 7.14. The topological polar surface area (TPSA) is 50.6 Å². The van der Waals surface area contributed by atoms with E-state index in [0.29, 0.717) is 24.4 Å². The van der Waals surface area contributed by atoms with Crippen LogP contribution in [0.15, 0.2) is 30.6 Å². The molecule has 4 rings (SSSR count). The minimum absolute atomic E-state index is 0.305. The highest BCUT2D eigenvalue weighted by Gasteiger charge is 2.35. The standard InChI is InChI=1S/C29H44N4O2/c1-4-6-8-16-32(15-7-5-2)29(34)22-33-21-25(23-9-11-27-24(19-23)13-18-35-27)20-26(33)10-12-28-30-14-17-31(28)3/h9,11,14,17,19,25-26H,4-8,10,12-13,15-16,18,20-22H2,1-3H3. The molecule has 1 fully saturated rings. The molecule has 0 bridgehead atoms. The van der Waals surface area contributed by atoms with Crippen LogP contribution >= 0.6 is 0 Å². The van der Waals surface area contributed by atoms with E-state index in [1.54, 1.807) is 0 Å². The molecule has 0 spiro atoms. The van der Waals surface area contributed by atoms with Gasteiger partial charge in [0.25, 0.3) is 0 Å². The molecule has 2 unspecified atom stereocenters. The number of hydrogen-bond donors (Lipinski definition) is 0. The fraction of sp³-hybridized carbons (Fsp3) is 0.655. The number of aromatic nitrogens is 2. The van der Waals surface area contributed by atoms with Gasteiger partial charge in [0.1, 0.15) is 11.6 Å². The van der Waals surface area contributed by atoms with Gasteiger partial charge in [-0.2, -0.15) is 0 Å². The average Bonchev–Trinajstić information content (AvgIpc) is 3.59. The van der Waals surface area contributed by atoms with Crippen molar-refractivity contribution in [2.24, 2.45) is 7.05 Å². The zero-order chi connectivity index (χ0) is 24.6. The Labute approximate surface area is 211 Å². The van der Waals surface area contributed by atoms with Crippen molar-refractivity contribution in [3.63, 3.8) is 0 Å². The first kappa shape index (κ1) is 25.7. The molecule has 0 aliphatic carbocycles. The highest BCUT2D eigenvalue weighted by atomic mass is 16.5. The second-order valence-corrected chi connectivity index (χ2v) is 10.4. The molecule has 35 heavy (non-hydrogen) atoms. The number of rotatable bonds is 13. The van der Waals surface area contributed by atoms with Crippen molar-refractivity contribution >= 4 is 5.91 Å². The van der Waals surface area contributed by atoms with Gasteiger partial charge in [-0.25, -0.2) is 4.98 Å². The molecule has 6 heteroatoms. The van der Waals surface area contributed by atoms with Crippen molar-refractivity contribution in [1.29, 1.82) is 0 Å². The molecule has 2 atom stereocenters. The molecule has 2 aliphatic heterocycles. The number of ether oxygens (including phenoxy) is 1. The summed E-state index contributed by atoms with van der Waals surface area (Å²) in [5, 5.41) is 0. The number of hydrogen-bond acceptors (Lipinski definition) is 4. The number of unbranched alkanes of at least 4 members (excludes halogenated alkanes) is 3. The SMILES string of the molecule is CCCCCN(CCCC)C(=O)CN1CC(c2ccc3c(c2)CCO3)CC1CCc1nccn1C. The van der Waals surface area contributed by atoms with Crippen LogP contribution in [0.5, 0.6) is 5.75 Å². The number of aryl methyl sites for hydroxylation is 2. The molecule has 2 aliphatic rings. The number of benzene rings is 1. The van der Waals surface area contributed by atoms with E-state index in [4.69, 9.17) is 4.74 Å². The van der Waals surface area contributed by atoms with E-state index >= 15 is 0 Å². The number of likely N-dealkylation sites (tertiary alicyclic amines) is 1. The van der Waals surface area contributed by atoms with Crippen molar-refractivity contribution in [3.8, 4) is 5.75 Å². The van der Waals surface area contributed by atoms with Crippen LogP contribution in [0.1, 0.15) is 81.7 Å². The van der Waals surface area contributed by atoms with Crippen LogP contribution in [0.3, 0.4) is 0 Å². The number of imidazole rings is 1. The van der Waals surface area contributed by atoms with E-state index in [0.717, 1.165) is 82.8 Å². The Hall–Kier alpha value is -2.34. The van der Waals surface area contributed by atoms with Crippen molar-refractivity contribution in [2.75, 3.05) is 32.8 Å². The Bertz CT molecular complexity index is 956. The maximum absolute atomic E-state index is 13.5. The third-order valence-corrected chi connectivity index (χ3v) is 7.84. The van der Waals surface area contributed by atoms with E-state index in [2.05, 4.69) is 58.4 Å². The lowest BCUT2D eigenvalue weighted by Crippen LogP contribution is -2.43. The monoisotopic (exact) mass is 480 g/mol. The van der Waals surface area contributed by atoms with Crippen LogP contribution in [0.4, 0.5) is 0 Å². The summed E-state index contributed by atoms with van der Waals surface area (Å²) in [4.78, 5) is 22.6. The Balaban J connectivity index is 1.45. The Morgan fingerprint density at radius 2 is 2.00 bits per heavy atom. The van der Waals surface area contributed by atoms with Gasteiger partial charge in [-0.3, -0.25) is 9.69 Å². The average molecular weight is 481 g/mol. The summed E-state index contributed by atoms with van der Waals surface area (Å²) >= 11 is 0. The number of carbonyl (C=O) groups excluding carboxylic acids is 1. The van der Waals surface area contributed by atoms with E-state index in [1.807, 2.05) is 12.4 Å². The Morgan fingerprint density at radius 3 is 2.77 bits per heavy atom. The van der Waals surface area contributed by atoms with Gasteiger partial charge in [0.05, 0.1) is 13.2 Å². The van der Waals surface area contributed by atoms with Crippen molar-refractivity contribution in [1.82, 2.24) is 19.4 Å². The molecule has 192 valence electrons. The predicted molar refractivity (Wildman–Crippen MR) is 141 cm³/mol. The second kappa shape index (κ2) is 12.6. The van der Waals surface area contributed by atoms with Gasteiger partial charge in [-0.15, -0.1) is 0 Å². The Morgan fingerprint density at radius 1 is 1.17 bits per heavy atom. The maximum atomic E-state index is 13.5. The van der Waals surface area contributed by atoms with E-state index in [-0.39, 0.29) is 0 Å². The molecule has 3 heterocycles. The summed E-state index contributed by atoms with van der Waals surface area (Å²) < 4.78 is 7.84. The summed E-state index contributed by atoms with van der Waals surface area (Å²) in [6.45, 7) is 8.49. The Kier molecular flexibility index (Phi) is 9.25. The summed E-state index contributed by atoms with van der Waals surface area (Å²) in [6.07, 6.45) is 13.7. The first-order valence-corrected chi connectivity index (χ1v) is 13.8. The zero-order valence-electron chi connectivity index (χ0n) is 22.0. The molecule has 2 aromatic rings. The summed E-state index contributed by atoms with van der Waals surface area (Å²) in [5.74, 6) is 2.94. The van der Waals surface area contributed by atoms with Crippen LogP contribution in [0.25, 0.3) is 0 Å². The maximum Gasteiger partial charge on any atom is 0.236 e. The summed E-state index contributed by atoms with van der Waals surface area (Å²) in [5.41, 5.74) is 2.74. The first-order chi connectivity index (χ1) is 17.1. The van der Waals surface area contributed by atoms with Crippen LogP contribution in [-0.2, 0) is 24.7 Å². The minimum atomic E-state index is 0.305. The molecule has 6 nitrogen and oxygen atoms in total. The number of fused-ring (bicyclic) bond motifs is 1. The molecule has 0 saturated carbocycles. The molecular formula is C29H44N4O2. The van der Waals surface area contributed by atoms with Crippen molar-refractivity contribution < 1.29 is 9.53 Å². The second-order valence-electron chi connectivity index (χ2n) is 10.4. The van der Waals surface area contributed by atoms with Gasteiger partial charge in [0, 0.05) is 58.0 Å². The lowest BCUT2D eigenvalue weighted by atomic mass is 9.93. The molecule has 1 aromatic heterocycles. The van der Waals surface area contributed by atoms with Gasteiger partial charge in [0.15, 0.2) is 0 Å². The fourth-order valence-electron chi connectivity index (χ4n) is 5.65. The molecular weight excluding hydrogens is 436 g/mol. The van der Waals surface area contributed by atoms with E-state index in [9.17, 15) is 4.79 Å². The van der Waals surface area contributed by atoms with Gasteiger partial charge >= 0.3 is 0 Å². The van der Waals surface area contributed by atoms with Gasteiger partial charge in [-0.05, 0) is 48.8 Å². The van der Waals surface area contributed by atoms with Crippen LogP contribution in [0, 0.1) is 0 Å². The van der Waals surface area contributed by atoms with Crippen molar-refractivity contribution in [2.45, 2.75) is 83.6 Å². The minimum Gasteiger partial charge on any atom is -0.493 e. The molecule has 0 N–H and O–H groups in total. The normalized spacial score (nSPS) is 19.6.